The predicted molar refractivity (Wildman–Crippen MR) is 159 cm³/mol. The standard InChI is InChI=1S/C33H39N5O4/c39-29-9-8-28(31(40)34-29)38-20-26-25(32(38)41)6-7-27-30(26)42-21-24-19-35(14-15-37(24)27)18-22-16-33(17-22)10-12-36(13-11-33)23-4-2-1-3-5-23/h1-7,22,24,28H,8-21H2,(H,34,39,40). The molecule has 0 aromatic heterocycles. The first-order valence-corrected chi connectivity index (χ1v) is 15.7. The Morgan fingerprint density at radius 3 is 2.52 bits per heavy atom. The molecule has 0 bridgehead atoms. The largest absolute Gasteiger partial charge is 0.489 e. The van der Waals surface area contributed by atoms with Crippen LogP contribution in [0.2, 0.25) is 0 Å². The van der Waals surface area contributed by atoms with Crippen molar-refractivity contribution in [3.8, 4) is 5.75 Å². The van der Waals surface area contributed by atoms with Crippen molar-refractivity contribution in [2.24, 2.45) is 11.3 Å². The van der Waals surface area contributed by atoms with Crippen LogP contribution in [0.4, 0.5) is 11.4 Å². The van der Waals surface area contributed by atoms with Gasteiger partial charge in [0.2, 0.25) is 11.8 Å². The Balaban J connectivity index is 0.873. The fourth-order valence-corrected chi connectivity index (χ4v) is 8.66. The van der Waals surface area contributed by atoms with Gasteiger partial charge in [-0.1, -0.05) is 18.2 Å². The van der Waals surface area contributed by atoms with Gasteiger partial charge in [0.25, 0.3) is 5.91 Å². The minimum atomic E-state index is -0.611. The minimum absolute atomic E-state index is 0.151. The number of anilines is 2. The van der Waals surface area contributed by atoms with E-state index in [0.717, 1.165) is 42.6 Å². The zero-order chi connectivity index (χ0) is 28.4. The molecule has 2 unspecified atom stereocenters. The van der Waals surface area contributed by atoms with Gasteiger partial charge in [-0.2, -0.15) is 0 Å². The molecule has 9 nitrogen and oxygen atoms in total. The summed E-state index contributed by atoms with van der Waals surface area (Å²) in [6.45, 7) is 7.49. The van der Waals surface area contributed by atoms with E-state index in [9.17, 15) is 14.4 Å². The molecule has 2 atom stereocenters. The van der Waals surface area contributed by atoms with Crippen LogP contribution >= 0.6 is 0 Å². The third-order valence-electron chi connectivity index (χ3n) is 10.8. The number of nitrogens with one attached hydrogen (secondary N) is 1. The molecule has 0 radical (unpaired) electrons. The van der Waals surface area contributed by atoms with Gasteiger partial charge in [0.1, 0.15) is 18.4 Å². The zero-order valence-electron chi connectivity index (χ0n) is 24.1. The van der Waals surface area contributed by atoms with E-state index < -0.39 is 6.04 Å². The van der Waals surface area contributed by atoms with E-state index >= 15 is 0 Å². The highest BCUT2D eigenvalue weighted by Crippen LogP contribution is 2.53. The summed E-state index contributed by atoms with van der Waals surface area (Å²) < 4.78 is 6.39. The van der Waals surface area contributed by atoms with E-state index in [0.29, 0.717) is 36.6 Å². The third kappa shape index (κ3) is 4.35. The van der Waals surface area contributed by atoms with Crippen LogP contribution in [-0.4, -0.2) is 85.5 Å². The number of imide groups is 1. The van der Waals surface area contributed by atoms with Gasteiger partial charge in [-0.05, 0) is 67.7 Å². The molecule has 9 heteroatoms. The Labute approximate surface area is 246 Å². The van der Waals surface area contributed by atoms with Crippen LogP contribution in [-0.2, 0) is 16.1 Å². The topological polar surface area (TPSA) is 85.4 Å². The average Bonchev–Trinajstić information content (AvgIpc) is 3.33. The quantitative estimate of drug-likeness (QED) is 0.567. The van der Waals surface area contributed by atoms with Crippen LogP contribution in [0.15, 0.2) is 42.5 Å². The van der Waals surface area contributed by atoms with E-state index in [2.05, 4.69) is 50.3 Å². The van der Waals surface area contributed by atoms with Crippen LogP contribution in [0.1, 0.15) is 54.4 Å². The molecule has 5 aliphatic heterocycles. The number of hydrogen-bond donors (Lipinski definition) is 1. The zero-order valence-corrected chi connectivity index (χ0v) is 24.1. The van der Waals surface area contributed by atoms with Gasteiger partial charge in [0, 0.05) is 62.5 Å². The Hall–Kier alpha value is -3.59. The van der Waals surface area contributed by atoms with Gasteiger partial charge in [0.05, 0.1) is 18.3 Å². The first-order valence-electron chi connectivity index (χ1n) is 15.7. The highest BCUT2D eigenvalue weighted by atomic mass is 16.5. The first kappa shape index (κ1) is 26.1. The van der Waals surface area contributed by atoms with Crippen molar-refractivity contribution in [2.45, 2.75) is 57.2 Å². The summed E-state index contributed by atoms with van der Waals surface area (Å²) in [5, 5.41) is 2.39. The molecule has 3 saturated heterocycles. The fourth-order valence-electron chi connectivity index (χ4n) is 8.66. The number of rotatable bonds is 4. The van der Waals surface area contributed by atoms with Crippen LogP contribution < -0.4 is 19.9 Å². The number of amides is 3. The van der Waals surface area contributed by atoms with Crippen LogP contribution in [0, 0.1) is 11.3 Å². The van der Waals surface area contributed by atoms with Crippen molar-refractivity contribution >= 4 is 29.1 Å². The first-order chi connectivity index (χ1) is 20.5. The minimum Gasteiger partial charge on any atom is -0.489 e. The maximum atomic E-state index is 13.2. The number of piperidine rings is 2. The lowest BCUT2D eigenvalue weighted by Gasteiger charge is -2.54. The molecule has 1 aliphatic carbocycles. The van der Waals surface area contributed by atoms with E-state index in [-0.39, 0.29) is 24.1 Å². The Morgan fingerprint density at radius 1 is 0.929 bits per heavy atom. The highest BCUT2D eigenvalue weighted by Gasteiger charge is 2.47. The molecule has 5 heterocycles. The number of carbonyl (C=O) groups excluding carboxylic acids is 3. The van der Waals surface area contributed by atoms with Gasteiger partial charge in [-0.15, -0.1) is 0 Å². The summed E-state index contributed by atoms with van der Waals surface area (Å²) in [5.41, 5.74) is 4.48. The Kier molecular flexibility index (Phi) is 6.21. The number of carbonyl (C=O) groups is 3. The van der Waals surface area contributed by atoms with Crippen molar-refractivity contribution < 1.29 is 19.1 Å². The molecule has 1 saturated carbocycles. The number of nitrogens with zero attached hydrogens (tertiary/aromatic N) is 4. The number of hydrogen-bond acceptors (Lipinski definition) is 7. The molecule has 4 fully saturated rings. The molecule has 42 heavy (non-hydrogen) atoms. The second-order valence-corrected chi connectivity index (χ2v) is 13.4. The number of fused-ring (bicyclic) bond motifs is 5. The summed E-state index contributed by atoms with van der Waals surface area (Å²) in [6, 6.07) is 14.5. The van der Waals surface area contributed by atoms with Gasteiger partial charge < -0.3 is 19.4 Å². The Morgan fingerprint density at radius 2 is 1.74 bits per heavy atom. The van der Waals surface area contributed by atoms with Gasteiger partial charge in [0.15, 0.2) is 0 Å². The molecular formula is C33H39N5O4. The normalized spacial score (nSPS) is 27.2. The van der Waals surface area contributed by atoms with Crippen LogP contribution in [0.25, 0.3) is 0 Å². The summed E-state index contributed by atoms with van der Waals surface area (Å²) in [5.74, 6) is 0.787. The van der Waals surface area contributed by atoms with Crippen molar-refractivity contribution in [1.82, 2.24) is 15.1 Å². The van der Waals surface area contributed by atoms with Crippen LogP contribution in [0.5, 0.6) is 5.75 Å². The van der Waals surface area contributed by atoms with E-state index in [4.69, 9.17) is 4.74 Å². The number of benzene rings is 2. The third-order valence-corrected chi connectivity index (χ3v) is 10.8. The van der Waals surface area contributed by atoms with E-state index in [1.54, 1.807) is 4.90 Å². The maximum Gasteiger partial charge on any atom is 0.255 e. The highest BCUT2D eigenvalue weighted by molar-refractivity contribution is 6.06. The molecule has 6 aliphatic rings. The average molecular weight is 570 g/mol. The van der Waals surface area contributed by atoms with Crippen LogP contribution in [0.3, 0.4) is 0 Å². The van der Waals surface area contributed by atoms with E-state index in [1.165, 1.54) is 51.0 Å². The van der Waals surface area contributed by atoms with Crippen molar-refractivity contribution in [1.29, 1.82) is 0 Å². The van der Waals surface area contributed by atoms with Crippen molar-refractivity contribution in [3.63, 3.8) is 0 Å². The van der Waals surface area contributed by atoms with Crippen molar-refractivity contribution in [2.75, 3.05) is 55.7 Å². The fraction of sp³-hybridized carbons (Fsp3) is 0.545. The monoisotopic (exact) mass is 569 g/mol. The molecule has 220 valence electrons. The maximum absolute atomic E-state index is 13.2. The van der Waals surface area contributed by atoms with Crippen molar-refractivity contribution in [3.05, 3.63) is 53.6 Å². The predicted octanol–water partition coefficient (Wildman–Crippen LogP) is 3.03. The van der Waals surface area contributed by atoms with Gasteiger partial charge in [-0.25, -0.2) is 0 Å². The summed E-state index contributed by atoms with van der Waals surface area (Å²) >= 11 is 0. The summed E-state index contributed by atoms with van der Waals surface area (Å²) in [6.07, 6.45) is 5.98. The lowest BCUT2D eigenvalue weighted by atomic mass is 9.57. The molecule has 2 aromatic carbocycles. The molecule has 2 aromatic rings. The van der Waals surface area contributed by atoms with Gasteiger partial charge in [-0.3, -0.25) is 24.6 Å². The second-order valence-electron chi connectivity index (χ2n) is 13.4. The molecule has 8 rings (SSSR count). The lowest BCUT2D eigenvalue weighted by Crippen LogP contribution is -2.59. The number of ether oxygens (including phenoxy) is 1. The smallest absolute Gasteiger partial charge is 0.255 e. The number of piperazine rings is 1. The van der Waals surface area contributed by atoms with Gasteiger partial charge >= 0.3 is 0 Å². The summed E-state index contributed by atoms with van der Waals surface area (Å²) in [7, 11) is 0. The Bertz CT molecular complexity index is 1410. The molecule has 1 spiro atoms. The summed E-state index contributed by atoms with van der Waals surface area (Å²) in [4.78, 5) is 46.6. The SMILES string of the molecule is O=C1CCC(N2Cc3c(ccc4c3OCC3CN(CC5CC6(CCN(c7ccccc7)CC6)C5)CCN43)C2=O)C(=O)N1. The second kappa shape index (κ2) is 10.0. The molecule has 1 N–H and O–H groups in total. The number of para-hydroxylation sites is 1. The molecule has 3 amide bonds. The van der Waals surface area contributed by atoms with E-state index in [1.807, 2.05) is 12.1 Å². The molecular weight excluding hydrogens is 530 g/mol. The lowest BCUT2D eigenvalue weighted by molar-refractivity contribution is -0.136.